The van der Waals surface area contributed by atoms with Gasteiger partial charge < -0.3 is 4.74 Å². The van der Waals surface area contributed by atoms with Crippen molar-refractivity contribution < 1.29 is 9.53 Å². The Labute approximate surface area is 148 Å². The monoisotopic (exact) mass is 333 g/mol. The summed E-state index contributed by atoms with van der Waals surface area (Å²) in [5, 5.41) is 0. The summed E-state index contributed by atoms with van der Waals surface area (Å²) in [6.45, 7) is 0. The number of benzene rings is 1. The van der Waals surface area contributed by atoms with E-state index in [-0.39, 0.29) is 5.97 Å². The molecule has 0 aliphatic heterocycles. The molecule has 4 fully saturated rings. The minimum Gasteiger partial charge on any atom is -0.421 e. The van der Waals surface area contributed by atoms with Crippen LogP contribution >= 0.6 is 0 Å². The van der Waals surface area contributed by atoms with Gasteiger partial charge >= 0.3 is 5.97 Å². The molecular weight excluding hydrogens is 310 g/mol. The Morgan fingerprint density at radius 1 is 0.960 bits per heavy atom. The predicted octanol–water partition coefficient (Wildman–Crippen LogP) is 4.77. The molecule has 1 aromatic heterocycles. The van der Waals surface area contributed by atoms with Crippen LogP contribution in [0, 0.1) is 17.8 Å². The van der Waals surface area contributed by atoms with E-state index in [1.807, 2.05) is 12.1 Å². The second kappa shape index (κ2) is 5.69. The predicted molar refractivity (Wildman–Crippen MR) is 95.5 cm³/mol. The Kier molecular flexibility index (Phi) is 3.44. The number of aromatic nitrogens is 1. The second-order valence-corrected chi connectivity index (χ2v) is 8.35. The van der Waals surface area contributed by atoms with Crippen LogP contribution in [0.3, 0.4) is 0 Å². The maximum absolute atomic E-state index is 12.3. The van der Waals surface area contributed by atoms with Gasteiger partial charge in [0.05, 0.1) is 11.8 Å². The van der Waals surface area contributed by atoms with E-state index in [1.54, 1.807) is 24.5 Å². The summed E-state index contributed by atoms with van der Waals surface area (Å²) in [6, 6.07) is 11.7. The summed E-state index contributed by atoms with van der Waals surface area (Å²) in [4.78, 5) is 16.3. The van der Waals surface area contributed by atoms with E-state index in [0.29, 0.717) is 16.7 Å². The summed E-state index contributed by atoms with van der Waals surface area (Å²) < 4.78 is 5.39. The topological polar surface area (TPSA) is 39.2 Å². The van der Waals surface area contributed by atoms with Gasteiger partial charge in [0.1, 0.15) is 5.75 Å². The van der Waals surface area contributed by atoms with Gasteiger partial charge in [-0.3, -0.25) is 4.98 Å². The van der Waals surface area contributed by atoms with Gasteiger partial charge in [-0.25, -0.2) is 4.79 Å². The van der Waals surface area contributed by atoms with Crippen molar-refractivity contribution in [3.05, 3.63) is 59.9 Å². The number of carbonyl (C=O) groups excluding carboxylic acids is 1. The minimum atomic E-state index is -0.315. The molecule has 0 amide bonds. The first kappa shape index (κ1) is 15.1. The van der Waals surface area contributed by atoms with Gasteiger partial charge in [0, 0.05) is 6.20 Å². The third-order valence-electron chi connectivity index (χ3n) is 6.62. The molecule has 6 rings (SSSR count). The van der Waals surface area contributed by atoms with Crippen LogP contribution in [0.4, 0.5) is 0 Å². The fourth-order valence-corrected chi connectivity index (χ4v) is 6.00. The van der Waals surface area contributed by atoms with Gasteiger partial charge in [0.2, 0.25) is 0 Å². The molecule has 2 aromatic rings. The number of rotatable bonds is 3. The highest BCUT2D eigenvalue weighted by Crippen LogP contribution is 2.60. The van der Waals surface area contributed by atoms with Gasteiger partial charge in [0.15, 0.2) is 0 Å². The summed E-state index contributed by atoms with van der Waals surface area (Å²) >= 11 is 0. The van der Waals surface area contributed by atoms with E-state index in [2.05, 4.69) is 17.1 Å². The van der Waals surface area contributed by atoms with Crippen LogP contribution in [0.2, 0.25) is 0 Å². The minimum absolute atomic E-state index is 0.315. The van der Waals surface area contributed by atoms with Crippen LogP contribution < -0.4 is 4.74 Å². The lowest BCUT2D eigenvalue weighted by Gasteiger charge is -2.57. The zero-order valence-corrected chi connectivity index (χ0v) is 14.4. The number of nitrogens with zero attached hydrogens (tertiary/aromatic N) is 1. The molecule has 0 spiro atoms. The molecule has 0 radical (unpaired) electrons. The first-order chi connectivity index (χ1) is 12.2. The molecule has 25 heavy (non-hydrogen) atoms. The van der Waals surface area contributed by atoms with Crippen LogP contribution in [0.15, 0.2) is 48.8 Å². The quantitative estimate of drug-likeness (QED) is 0.760. The van der Waals surface area contributed by atoms with Gasteiger partial charge in [-0.15, -0.1) is 0 Å². The molecule has 0 atom stereocenters. The van der Waals surface area contributed by atoms with Gasteiger partial charge in [-0.1, -0.05) is 12.1 Å². The first-order valence-corrected chi connectivity index (χ1v) is 9.43. The summed E-state index contributed by atoms with van der Waals surface area (Å²) in [5.74, 6) is 2.96. The molecule has 1 heterocycles. The number of ether oxygens (including phenoxy) is 1. The maximum atomic E-state index is 12.3. The Balaban J connectivity index is 1.36. The van der Waals surface area contributed by atoms with Crippen LogP contribution in [-0.4, -0.2) is 11.0 Å². The maximum Gasteiger partial charge on any atom is 0.343 e. The number of carbonyl (C=O) groups is 1. The Morgan fingerprint density at radius 2 is 1.60 bits per heavy atom. The highest BCUT2D eigenvalue weighted by Gasteiger charge is 2.51. The molecule has 128 valence electrons. The Hall–Kier alpha value is -2.16. The zero-order chi connectivity index (χ0) is 16.9. The molecule has 0 N–H and O–H groups in total. The highest BCUT2D eigenvalue weighted by atomic mass is 16.5. The zero-order valence-electron chi connectivity index (χ0n) is 14.4. The average molecular weight is 333 g/mol. The van der Waals surface area contributed by atoms with E-state index < -0.39 is 0 Å². The molecule has 4 aliphatic rings. The first-order valence-electron chi connectivity index (χ1n) is 9.43. The third kappa shape index (κ3) is 2.66. The van der Waals surface area contributed by atoms with Crippen molar-refractivity contribution in [3.8, 4) is 5.75 Å². The second-order valence-electron chi connectivity index (χ2n) is 8.35. The lowest BCUT2D eigenvalue weighted by atomic mass is 9.48. The fraction of sp³-hybridized carbons (Fsp3) is 0.455. The van der Waals surface area contributed by atoms with Gasteiger partial charge in [-0.2, -0.15) is 0 Å². The van der Waals surface area contributed by atoms with Crippen molar-refractivity contribution in [2.45, 2.75) is 43.9 Å². The number of pyridine rings is 1. The van der Waals surface area contributed by atoms with Crippen molar-refractivity contribution in [2.24, 2.45) is 17.8 Å². The fourth-order valence-electron chi connectivity index (χ4n) is 6.00. The summed E-state index contributed by atoms with van der Waals surface area (Å²) in [6.07, 6.45) is 11.6. The van der Waals surface area contributed by atoms with E-state index in [9.17, 15) is 4.79 Å². The number of hydrogen-bond acceptors (Lipinski definition) is 3. The smallest absolute Gasteiger partial charge is 0.343 e. The SMILES string of the molecule is O=C(Oc1cccnc1)c1ccc(C23CC4CC(CC(C4)C2)C3)cc1. The summed E-state index contributed by atoms with van der Waals surface area (Å²) in [5.41, 5.74) is 2.42. The van der Waals surface area contributed by atoms with E-state index in [0.717, 1.165) is 17.8 Å². The van der Waals surface area contributed by atoms with E-state index in [4.69, 9.17) is 4.74 Å². The molecule has 4 bridgehead atoms. The van der Waals surface area contributed by atoms with Crippen LogP contribution in [0.25, 0.3) is 0 Å². The van der Waals surface area contributed by atoms with Crippen LogP contribution in [0.1, 0.15) is 54.4 Å². The van der Waals surface area contributed by atoms with Gasteiger partial charge in [0.25, 0.3) is 0 Å². The molecule has 4 saturated carbocycles. The lowest BCUT2D eigenvalue weighted by molar-refractivity contribution is -0.00520. The molecule has 0 saturated heterocycles. The van der Waals surface area contributed by atoms with Crippen LogP contribution in [-0.2, 0) is 5.41 Å². The molecule has 4 aliphatic carbocycles. The van der Waals surface area contributed by atoms with Crippen molar-refractivity contribution in [1.29, 1.82) is 0 Å². The molecule has 3 heteroatoms. The molecule has 0 unspecified atom stereocenters. The van der Waals surface area contributed by atoms with Gasteiger partial charge in [-0.05, 0) is 91.5 Å². The highest BCUT2D eigenvalue weighted by molar-refractivity contribution is 5.91. The van der Waals surface area contributed by atoms with E-state index >= 15 is 0 Å². The number of esters is 1. The number of hydrogen-bond donors (Lipinski definition) is 0. The molecular formula is C22H23NO2. The van der Waals surface area contributed by atoms with Crippen molar-refractivity contribution in [2.75, 3.05) is 0 Å². The van der Waals surface area contributed by atoms with Crippen molar-refractivity contribution in [3.63, 3.8) is 0 Å². The van der Waals surface area contributed by atoms with Crippen LogP contribution in [0.5, 0.6) is 5.75 Å². The Morgan fingerprint density at radius 3 is 2.16 bits per heavy atom. The summed E-state index contributed by atoms with van der Waals surface area (Å²) in [7, 11) is 0. The normalized spacial score (nSPS) is 32.6. The lowest BCUT2D eigenvalue weighted by Crippen LogP contribution is -2.48. The van der Waals surface area contributed by atoms with Crippen molar-refractivity contribution >= 4 is 5.97 Å². The molecule has 1 aromatic carbocycles. The Bertz CT molecular complexity index is 746. The largest absolute Gasteiger partial charge is 0.421 e. The standard InChI is InChI=1S/C22H23NO2/c24-21(25-20-2-1-7-23-14-20)18-3-5-19(6-4-18)22-11-15-8-16(12-22)10-17(9-15)13-22/h1-7,14-17H,8-13H2. The van der Waals surface area contributed by atoms with Crippen molar-refractivity contribution in [1.82, 2.24) is 4.98 Å². The van der Waals surface area contributed by atoms with E-state index in [1.165, 1.54) is 44.1 Å². The average Bonchev–Trinajstić information content (AvgIpc) is 2.61. The third-order valence-corrected chi connectivity index (χ3v) is 6.62. The molecule has 3 nitrogen and oxygen atoms in total.